The first-order valence-corrected chi connectivity index (χ1v) is 9.65. The number of nitrogens with zero attached hydrogens (tertiary/aromatic N) is 3. The van der Waals surface area contributed by atoms with E-state index >= 15 is 0 Å². The Morgan fingerprint density at radius 1 is 0.900 bits per heavy atom. The normalized spacial score (nSPS) is 12.4. The summed E-state index contributed by atoms with van der Waals surface area (Å²) in [5.74, 6) is -0.421. The largest absolute Gasteiger partial charge is 0.449 e. The van der Waals surface area contributed by atoms with Crippen molar-refractivity contribution in [2.24, 2.45) is 0 Å². The molecule has 0 fully saturated rings. The van der Waals surface area contributed by atoms with Crippen molar-refractivity contribution < 1.29 is 14.3 Å². The average Bonchev–Trinajstić information content (AvgIpc) is 3.36. The molecule has 0 aliphatic heterocycles. The Balaban J connectivity index is 1.23. The van der Waals surface area contributed by atoms with Crippen molar-refractivity contribution in [3.05, 3.63) is 83.9 Å². The predicted molar refractivity (Wildman–Crippen MR) is 111 cm³/mol. The molecule has 1 N–H and O–H groups in total. The summed E-state index contributed by atoms with van der Waals surface area (Å²) in [5.41, 5.74) is 5.81. The summed E-state index contributed by atoms with van der Waals surface area (Å²) in [4.78, 5) is 24.6. The van der Waals surface area contributed by atoms with Crippen LogP contribution in [0.5, 0.6) is 0 Å². The van der Waals surface area contributed by atoms with Crippen LogP contribution < -0.4 is 5.32 Å². The number of hydrogen-bond acceptors (Lipinski definition) is 5. The lowest BCUT2D eigenvalue weighted by atomic mass is 9.98. The molecule has 1 aromatic heterocycles. The van der Waals surface area contributed by atoms with E-state index in [0.717, 1.165) is 22.3 Å². The van der Waals surface area contributed by atoms with E-state index in [1.54, 1.807) is 18.2 Å². The van der Waals surface area contributed by atoms with Gasteiger partial charge in [0.1, 0.15) is 18.7 Å². The smallest absolute Gasteiger partial charge is 0.407 e. The van der Waals surface area contributed by atoms with E-state index in [2.05, 4.69) is 39.9 Å². The third-order valence-corrected chi connectivity index (χ3v) is 5.32. The van der Waals surface area contributed by atoms with Crippen LogP contribution in [-0.4, -0.2) is 40.1 Å². The minimum Gasteiger partial charge on any atom is -0.449 e. The first-order chi connectivity index (χ1) is 14.7. The first kappa shape index (κ1) is 18.1. The number of hydrogen-bond donors (Lipinski definition) is 1. The molecule has 1 amide bonds. The Morgan fingerprint density at radius 2 is 1.53 bits per heavy atom. The molecule has 3 aromatic carbocycles. The molecule has 7 nitrogen and oxygen atoms in total. The summed E-state index contributed by atoms with van der Waals surface area (Å²) >= 11 is 0. The molecule has 0 radical (unpaired) electrons. The number of nitrogens with one attached hydrogen (secondary N) is 1. The summed E-state index contributed by atoms with van der Waals surface area (Å²) in [5, 5.41) is 10.3. The maximum Gasteiger partial charge on any atom is 0.407 e. The van der Waals surface area contributed by atoms with Gasteiger partial charge in [0, 0.05) is 5.92 Å². The van der Waals surface area contributed by atoms with Gasteiger partial charge in [-0.05, 0) is 34.4 Å². The van der Waals surface area contributed by atoms with E-state index in [4.69, 9.17) is 4.74 Å². The third kappa shape index (κ3) is 3.10. The Hall–Kier alpha value is -4.00. The second kappa shape index (κ2) is 7.44. The van der Waals surface area contributed by atoms with Gasteiger partial charge in [0.2, 0.25) is 0 Å². The standard InChI is InChI=1S/C23H18N4O3/c28-22(27-21-12-6-5-11-20(21)25-26-27)13-24-23(29)30-14-19-17-9-3-1-7-15(17)16-8-2-4-10-18(16)19/h1-12,19H,13-14H2,(H,24,29). The second-order valence-electron chi connectivity index (χ2n) is 7.06. The number of ether oxygens (including phenoxy) is 1. The third-order valence-electron chi connectivity index (χ3n) is 5.32. The van der Waals surface area contributed by atoms with Gasteiger partial charge >= 0.3 is 6.09 Å². The Kier molecular flexibility index (Phi) is 4.48. The van der Waals surface area contributed by atoms with E-state index in [9.17, 15) is 9.59 Å². The van der Waals surface area contributed by atoms with Gasteiger partial charge < -0.3 is 10.1 Å². The van der Waals surface area contributed by atoms with Crippen molar-refractivity contribution in [1.29, 1.82) is 0 Å². The summed E-state index contributed by atoms with van der Waals surface area (Å²) in [6, 6.07) is 23.4. The van der Waals surface area contributed by atoms with E-state index in [1.165, 1.54) is 4.68 Å². The van der Waals surface area contributed by atoms with E-state index < -0.39 is 12.0 Å². The lowest BCUT2D eigenvalue weighted by molar-refractivity contribution is 0.0886. The highest BCUT2D eigenvalue weighted by Gasteiger charge is 2.29. The highest BCUT2D eigenvalue weighted by Crippen LogP contribution is 2.44. The molecular weight excluding hydrogens is 380 g/mol. The van der Waals surface area contributed by atoms with E-state index in [0.29, 0.717) is 11.0 Å². The topological polar surface area (TPSA) is 86.1 Å². The zero-order valence-electron chi connectivity index (χ0n) is 16.0. The van der Waals surface area contributed by atoms with E-state index in [-0.39, 0.29) is 19.1 Å². The molecule has 5 rings (SSSR count). The highest BCUT2D eigenvalue weighted by molar-refractivity contribution is 5.91. The number of amides is 1. The SMILES string of the molecule is O=C(NCC(=O)n1nnc2ccccc21)OCC1c2ccccc2-c2ccccc21. The number of carbonyl (C=O) groups excluding carboxylic acids is 2. The lowest BCUT2D eigenvalue weighted by Crippen LogP contribution is -2.33. The van der Waals surface area contributed by atoms with Gasteiger partial charge in [0.15, 0.2) is 0 Å². The van der Waals surface area contributed by atoms with Crippen LogP contribution in [0.4, 0.5) is 4.79 Å². The van der Waals surface area contributed by atoms with Crippen LogP contribution in [0.2, 0.25) is 0 Å². The maximum absolute atomic E-state index is 12.4. The lowest BCUT2D eigenvalue weighted by Gasteiger charge is -2.14. The molecule has 148 valence electrons. The van der Waals surface area contributed by atoms with Gasteiger partial charge in [-0.15, -0.1) is 5.10 Å². The number of fused-ring (bicyclic) bond motifs is 4. The molecule has 0 unspecified atom stereocenters. The maximum atomic E-state index is 12.4. The summed E-state index contributed by atoms with van der Waals surface area (Å²) < 4.78 is 6.63. The van der Waals surface area contributed by atoms with Gasteiger partial charge in [-0.1, -0.05) is 65.9 Å². The zero-order valence-corrected chi connectivity index (χ0v) is 16.0. The summed E-state index contributed by atoms with van der Waals surface area (Å²) in [7, 11) is 0. The van der Waals surface area contributed by atoms with Crippen LogP contribution in [0.25, 0.3) is 22.2 Å². The fraction of sp³-hybridized carbons (Fsp3) is 0.130. The second-order valence-corrected chi connectivity index (χ2v) is 7.06. The van der Waals surface area contributed by atoms with Crippen LogP contribution in [-0.2, 0) is 4.74 Å². The molecule has 4 aromatic rings. The molecule has 0 spiro atoms. The van der Waals surface area contributed by atoms with Crippen LogP contribution in [0.3, 0.4) is 0 Å². The van der Waals surface area contributed by atoms with Crippen molar-refractivity contribution in [2.45, 2.75) is 5.92 Å². The molecule has 1 aliphatic carbocycles. The molecule has 0 saturated heterocycles. The fourth-order valence-electron chi connectivity index (χ4n) is 3.93. The van der Waals surface area contributed by atoms with E-state index in [1.807, 2.05) is 30.3 Å². The molecule has 0 atom stereocenters. The molecule has 1 aliphatic rings. The van der Waals surface area contributed by atoms with Crippen LogP contribution in [0, 0.1) is 0 Å². The molecule has 30 heavy (non-hydrogen) atoms. The molecular formula is C23H18N4O3. The monoisotopic (exact) mass is 398 g/mol. The van der Waals surface area contributed by atoms with Crippen molar-refractivity contribution in [2.75, 3.05) is 13.2 Å². The Labute approximate surface area is 172 Å². The highest BCUT2D eigenvalue weighted by atomic mass is 16.5. The summed E-state index contributed by atoms with van der Waals surface area (Å²) in [6.45, 7) is -0.0374. The number of carbonyl (C=O) groups is 2. The number of para-hydroxylation sites is 1. The van der Waals surface area contributed by atoms with Gasteiger partial charge in [0.05, 0.1) is 5.52 Å². The van der Waals surface area contributed by atoms with Crippen LogP contribution in [0.15, 0.2) is 72.8 Å². The predicted octanol–water partition coefficient (Wildman–Crippen LogP) is 3.61. The fourth-order valence-corrected chi connectivity index (χ4v) is 3.93. The van der Waals surface area contributed by atoms with Gasteiger partial charge in [-0.3, -0.25) is 4.79 Å². The number of alkyl carbamates (subject to hydrolysis) is 1. The Bertz CT molecular complexity index is 1220. The molecule has 0 bridgehead atoms. The first-order valence-electron chi connectivity index (χ1n) is 9.65. The molecule has 7 heteroatoms. The zero-order chi connectivity index (χ0) is 20.5. The molecule has 1 heterocycles. The summed E-state index contributed by atoms with van der Waals surface area (Å²) in [6.07, 6.45) is -0.644. The Morgan fingerprint density at radius 3 is 2.27 bits per heavy atom. The van der Waals surface area contributed by atoms with Gasteiger partial charge in [-0.25, -0.2) is 4.79 Å². The van der Waals surface area contributed by atoms with Crippen molar-refractivity contribution in [1.82, 2.24) is 20.3 Å². The van der Waals surface area contributed by atoms with Crippen molar-refractivity contribution >= 4 is 23.0 Å². The number of rotatable bonds is 4. The van der Waals surface area contributed by atoms with Crippen LogP contribution in [0.1, 0.15) is 21.8 Å². The minimum absolute atomic E-state index is 0.0295. The van der Waals surface area contributed by atoms with Gasteiger partial charge in [0.25, 0.3) is 5.91 Å². The molecule has 0 saturated carbocycles. The van der Waals surface area contributed by atoms with Crippen molar-refractivity contribution in [3.8, 4) is 11.1 Å². The number of aromatic nitrogens is 3. The number of benzene rings is 3. The average molecular weight is 398 g/mol. The van der Waals surface area contributed by atoms with Gasteiger partial charge in [-0.2, -0.15) is 4.68 Å². The van der Waals surface area contributed by atoms with Crippen LogP contribution >= 0.6 is 0 Å². The minimum atomic E-state index is -0.644. The van der Waals surface area contributed by atoms with Crippen molar-refractivity contribution in [3.63, 3.8) is 0 Å². The quantitative estimate of drug-likeness (QED) is 0.568.